The molecule has 0 fully saturated rings. The standard InChI is InChI=1S/C11H11ClN4/c1-7-4-9(2-3-10(7)11(13)14)16-6-8(12)5-15-16/h2-6H,1H3,(H3,13,14). The van der Waals surface area contributed by atoms with Gasteiger partial charge in [-0.1, -0.05) is 11.6 Å². The number of nitrogens with zero attached hydrogens (tertiary/aromatic N) is 2. The van der Waals surface area contributed by atoms with Gasteiger partial charge in [0.25, 0.3) is 0 Å². The smallest absolute Gasteiger partial charge is 0.123 e. The summed E-state index contributed by atoms with van der Waals surface area (Å²) in [6.07, 6.45) is 3.31. The number of nitrogens with two attached hydrogens (primary N) is 1. The third kappa shape index (κ3) is 1.92. The van der Waals surface area contributed by atoms with Crippen LogP contribution in [0.5, 0.6) is 0 Å². The number of halogens is 1. The molecule has 1 aromatic heterocycles. The molecule has 0 saturated heterocycles. The van der Waals surface area contributed by atoms with Crippen molar-refractivity contribution in [3.8, 4) is 5.69 Å². The van der Waals surface area contributed by atoms with Crippen LogP contribution in [-0.2, 0) is 0 Å². The van der Waals surface area contributed by atoms with Gasteiger partial charge in [0.05, 0.1) is 16.9 Å². The molecule has 3 N–H and O–H groups in total. The molecule has 0 atom stereocenters. The van der Waals surface area contributed by atoms with Gasteiger partial charge in [0.1, 0.15) is 5.84 Å². The quantitative estimate of drug-likeness (QED) is 0.617. The third-order valence-electron chi connectivity index (χ3n) is 2.32. The van der Waals surface area contributed by atoms with Gasteiger partial charge in [0.2, 0.25) is 0 Å². The molecule has 0 aliphatic carbocycles. The Balaban J connectivity index is 2.45. The van der Waals surface area contributed by atoms with E-state index >= 15 is 0 Å². The molecule has 0 amide bonds. The summed E-state index contributed by atoms with van der Waals surface area (Å²) in [5.41, 5.74) is 8.02. The van der Waals surface area contributed by atoms with E-state index in [2.05, 4.69) is 5.10 Å². The van der Waals surface area contributed by atoms with Crippen LogP contribution in [0.15, 0.2) is 30.6 Å². The summed E-state index contributed by atoms with van der Waals surface area (Å²) in [5.74, 6) is 0.0718. The maximum absolute atomic E-state index is 7.39. The lowest BCUT2D eigenvalue weighted by molar-refractivity contribution is 0.879. The maximum Gasteiger partial charge on any atom is 0.123 e. The van der Waals surface area contributed by atoms with Gasteiger partial charge in [0.15, 0.2) is 0 Å². The van der Waals surface area contributed by atoms with Crippen molar-refractivity contribution in [2.45, 2.75) is 6.92 Å². The van der Waals surface area contributed by atoms with Gasteiger partial charge >= 0.3 is 0 Å². The lowest BCUT2D eigenvalue weighted by Crippen LogP contribution is -2.13. The van der Waals surface area contributed by atoms with Crippen molar-refractivity contribution in [2.75, 3.05) is 0 Å². The molecule has 0 bridgehead atoms. The van der Waals surface area contributed by atoms with Crippen molar-refractivity contribution >= 4 is 17.4 Å². The van der Waals surface area contributed by atoms with Crippen LogP contribution in [0.25, 0.3) is 5.69 Å². The molecule has 1 heterocycles. The molecule has 5 heteroatoms. The number of hydrogen-bond donors (Lipinski definition) is 2. The second-order valence-corrected chi connectivity index (χ2v) is 3.95. The number of aromatic nitrogens is 2. The highest BCUT2D eigenvalue weighted by Gasteiger charge is 2.04. The summed E-state index contributed by atoms with van der Waals surface area (Å²) in [6, 6.07) is 5.58. The third-order valence-corrected chi connectivity index (χ3v) is 2.51. The molecule has 82 valence electrons. The Bertz CT molecular complexity index is 545. The molecule has 4 nitrogen and oxygen atoms in total. The van der Waals surface area contributed by atoms with Crippen molar-refractivity contribution in [2.24, 2.45) is 5.73 Å². The Morgan fingerprint density at radius 2 is 2.25 bits per heavy atom. The van der Waals surface area contributed by atoms with E-state index in [4.69, 9.17) is 22.7 Å². The number of rotatable bonds is 2. The Hall–Kier alpha value is -1.81. The molecule has 1 aromatic carbocycles. The fraction of sp³-hybridized carbons (Fsp3) is 0.0909. The number of hydrogen-bond acceptors (Lipinski definition) is 2. The highest BCUT2D eigenvalue weighted by Crippen LogP contribution is 2.15. The van der Waals surface area contributed by atoms with Crippen LogP contribution in [0.2, 0.25) is 5.02 Å². The second-order valence-electron chi connectivity index (χ2n) is 3.52. The summed E-state index contributed by atoms with van der Waals surface area (Å²) >= 11 is 5.79. The van der Waals surface area contributed by atoms with Gasteiger partial charge in [-0.3, -0.25) is 5.41 Å². The van der Waals surface area contributed by atoms with Crippen LogP contribution in [0.3, 0.4) is 0 Å². The fourth-order valence-corrected chi connectivity index (χ4v) is 1.67. The Labute approximate surface area is 98.2 Å². The van der Waals surface area contributed by atoms with E-state index in [0.717, 1.165) is 16.8 Å². The minimum absolute atomic E-state index is 0.0718. The number of nitrogens with one attached hydrogen (secondary N) is 1. The van der Waals surface area contributed by atoms with Crippen LogP contribution in [-0.4, -0.2) is 15.6 Å². The monoisotopic (exact) mass is 234 g/mol. The van der Waals surface area contributed by atoms with E-state index in [1.807, 2.05) is 25.1 Å². The minimum Gasteiger partial charge on any atom is -0.384 e. The lowest BCUT2D eigenvalue weighted by atomic mass is 10.1. The SMILES string of the molecule is Cc1cc(-n2cc(Cl)cn2)ccc1C(=N)N. The zero-order valence-electron chi connectivity index (χ0n) is 8.74. The van der Waals surface area contributed by atoms with E-state index in [1.54, 1.807) is 17.1 Å². The first kappa shape index (κ1) is 10.7. The number of aryl methyl sites for hydroxylation is 1. The second kappa shape index (κ2) is 3.98. The average Bonchev–Trinajstić information content (AvgIpc) is 2.64. The number of amidine groups is 1. The summed E-state index contributed by atoms with van der Waals surface area (Å²) < 4.78 is 1.68. The molecule has 2 aromatic rings. The first-order chi connectivity index (χ1) is 7.58. The first-order valence-corrected chi connectivity index (χ1v) is 5.11. The van der Waals surface area contributed by atoms with Crippen LogP contribution in [0.4, 0.5) is 0 Å². The van der Waals surface area contributed by atoms with Crippen LogP contribution >= 0.6 is 11.6 Å². The topological polar surface area (TPSA) is 67.7 Å². The largest absolute Gasteiger partial charge is 0.384 e. The van der Waals surface area contributed by atoms with Crippen molar-refractivity contribution in [3.63, 3.8) is 0 Å². The molecule has 0 spiro atoms. The zero-order chi connectivity index (χ0) is 11.7. The minimum atomic E-state index is 0.0718. The van der Waals surface area contributed by atoms with Gasteiger partial charge in [-0.15, -0.1) is 0 Å². The van der Waals surface area contributed by atoms with Crippen LogP contribution in [0, 0.1) is 12.3 Å². The van der Waals surface area contributed by atoms with Crippen molar-refractivity contribution in [3.05, 3.63) is 46.7 Å². The fourth-order valence-electron chi connectivity index (χ4n) is 1.53. The van der Waals surface area contributed by atoms with Crippen molar-refractivity contribution in [1.82, 2.24) is 9.78 Å². The van der Waals surface area contributed by atoms with Gasteiger partial charge in [0, 0.05) is 11.8 Å². The first-order valence-electron chi connectivity index (χ1n) is 4.73. The van der Waals surface area contributed by atoms with E-state index in [-0.39, 0.29) is 5.84 Å². The van der Waals surface area contributed by atoms with E-state index in [0.29, 0.717) is 5.02 Å². The van der Waals surface area contributed by atoms with Crippen molar-refractivity contribution in [1.29, 1.82) is 5.41 Å². The Kier molecular flexibility index (Phi) is 2.66. The average molecular weight is 235 g/mol. The van der Waals surface area contributed by atoms with Crippen molar-refractivity contribution < 1.29 is 0 Å². The van der Waals surface area contributed by atoms with Gasteiger partial charge in [-0.25, -0.2) is 4.68 Å². The Morgan fingerprint density at radius 1 is 1.50 bits per heavy atom. The molecule has 0 saturated carbocycles. The molecule has 0 aliphatic heterocycles. The molecular weight excluding hydrogens is 224 g/mol. The molecule has 16 heavy (non-hydrogen) atoms. The predicted molar refractivity (Wildman–Crippen MR) is 64.3 cm³/mol. The van der Waals surface area contributed by atoms with E-state index in [1.165, 1.54) is 0 Å². The van der Waals surface area contributed by atoms with E-state index in [9.17, 15) is 0 Å². The van der Waals surface area contributed by atoms with Gasteiger partial charge < -0.3 is 5.73 Å². The summed E-state index contributed by atoms with van der Waals surface area (Å²) in [6.45, 7) is 1.91. The predicted octanol–water partition coefficient (Wildman–Crippen LogP) is 2.12. The summed E-state index contributed by atoms with van der Waals surface area (Å²) in [5, 5.41) is 12.1. The van der Waals surface area contributed by atoms with Gasteiger partial charge in [-0.2, -0.15) is 5.10 Å². The van der Waals surface area contributed by atoms with E-state index < -0.39 is 0 Å². The molecular formula is C11H11ClN4. The van der Waals surface area contributed by atoms with Crippen LogP contribution in [0.1, 0.15) is 11.1 Å². The van der Waals surface area contributed by atoms with Gasteiger partial charge in [-0.05, 0) is 30.7 Å². The number of nitrogen functional groups attached to an aromatic ring is 1. The molecule has 0 radical (unpaired) electrons. The molecule has 2 rings (SSSR count). The maximum atomic E-state index is 7.39. The normalized spacial score (nSPS) is 10.4. The summed E-state index contributed by atoms with van der Waals surface area (Å²) in [4.78, 5) is 0. The Morgan fingerprint density at radius 3 is 2.75 bits per heavy atom. The zero-order valence-corrected chi connectivity index (χ0v) is 9.49. The molecule has 0 unspecified atom stereocenters. The highest BCUT2D eigenvalue weighted by molar-refractivity contribution is 6.30. The highest BCUT2D eigenvalue weighted by atomic mass is 35.5. The lowest BCUT2D eigenvalue weighted by Gasteiger charge is -2.07. The number of benzene rings is 1. The summed E-state index contributed by atoms with van der Waals surface area (Å²) in [7, 11) is 0. The van der Waals surface area contributed by atoms with Crippen LogP contribution < -0.4 is 5.73 Å². The molecule has 0 aliphatic rings.